The quantitative estimate of drug-likeness (QED) is 0.188. The van der Waals surface area contributed by atoms with Crippen LogP contribution in [0.25, 0.3) is 54.6 Å². The van der Waals surface area contributed by atoms with Crippen LogP contribution in [0.2, 0.25) is 0 Å². The maximum Gasteiger partial charge on any atom is 0.0159 e. The van der Waals surface area contributed by atoms with Crippen LogP contribution < -0.4 is 0 Å². The molecule has 1 atom stereocenters. The molecule has 0 fully saturated rings. The zero-order valence-corrected chi connectivity index (χ0v) is 25.9. The Hall–Kier alpha value is -4.94. The lowest BCUT2D eigenvalue weighted by Crippen LogP contribution is -2.15. The highest BCUT2D eigenvalue weighted by Gasteiger charge is 2.35. The monoisotopic (exact) mass is 564 g/mol. The van der Waals surface area contributed by atoms with Crippen molar-refractivity contribution in [2.24, 2.45) is 5.92 Å². The minimum absolute atomic E-state index is 0.00977. The molecule has 0 N–H and O–H groups in total. The van der Waals surface area contributed by atoms with Gasteiger partial charge in [-0.05, 0) is 107 Å². The van der Waals surface area contributed by atoms with Crippen molar-refractivity contribution in [2.75, 3.05) is 0 Å². The second kappa shape index (κ2) is 10.1. The Kier molecular flexibility index (Phi) is 6.10. The number of rotatable bonds is 3. The molecule has 0 amide bonds. The number of allylic oxidation sites excluding steroid dienone is 8. The third-order valence-corrected chi connectivity index (χ3v) is 10.0. The molecule has 0 nitrogen and oxygen atoms in total. The molecule has 6 aromatic carbocycles. The van der Waals surface area contributed by atoms with Gasteiger partial charge in [0.1, 0.15) is 0 Å². The molecule has 0 saturated heterocycles. The van der Waals surface area contributed by atoms with Crippen LogP contribution in [0, 0.1) is 5.92 Å². The van der Waals surface area contributed by atoms with Crippen LogP contribution in [0.3, 0.4) is 0 Å². The second-order valence-electron chi connectivity index (χ2n) is 12.9. The molecule has 0 bridgehead atoms. The van der Waals surface area contributed by atoms with Gasteiger partial charge in [0.05, 0.1) is 0 Å². The molecule has 0 spiro atoms. The fourth-order valence-corrected chi connectivity index (χ4v) is 7.53. The fraction of sp³-hybridized carbons (Fsp3) is 0.136. The van der Waals surface area contributed by atoms with Crippen molar-refractivity contribution in [1.29, 1.82) is 0 Å². The minimum Gasteiger partial charge on any atom is -0.0798 e. The Morgan fingerprint density at radius 1 is 0.659 bits per heavy atom. The molecule has 212 valence electrons. The van der Waals surface area contributed by atoms with E-state index >= 15 is 0 Å². The smallest absolute Gasteiger partial charge is 0.0159 e. The fourth-order valence-electron chi connectivity index (χ4n) is 7.53. The molecule has 2 aliphatic rings. The van der Waals surface area contributed by atoms with Gasteiger partial charge in [0.15, 0.2) is 0 Å². The van der Waals surface area contributed by atoms with Gasteiger partial charge in [-0.15, -0.1) is 0 Å². The summed E-state index contributed by atoms with van der Waals surface area (Å²) in [5.74, 6) is 0.314. The Morgan fingerprint density at radius 3 is 2.18 bits per heavy atom. The zero-order valence-electron chi connectivity index (χ0n) is 25.9. The van der Waals surface area contributed by atoms with Gasteiger partial charge in [-0.2, -0.15) is 0 Å². The summed E-state index contributed by atoms with van der Waals surface area (Å²) in [7, 11) is 0. The Balaban J connectivity index is 1.14. The summed E-state index contributed by atoms with van der Waals surface area (Å²) in [5.41, 5.74) is 12.0. The summed E-state index contributed by atoms with van der Waals surface area (Å²) < 4.78 is 0. The van der Waals surface area contributed by atoms with Gasteiger partial charge in [-0.1, -0.05) is 148 Å². The van der Waals surface area contributed by atoms with E-state index in [4.69, 9.17) is 0 Å². The molecule has 2 aliphatic carbocycles. The molecule has 0 radical (unpaired) electrons. The zero-order chi connectivity index (χ0) is 30.0. The van der Waals surface area contributed by atoms with Gasteiger partial charge in [-0.3, -0.25) is 0 Å². The molecule has 0 saturated carbocycles. The highest BCUT2D eigenvalue weighted by Crippen LogP contribution is 2.49. The van der Waals surface area contributed by atoms with Crippen LogP contribution in [0.4, 0.5) is 0 Å². The van der Waals surface area contributed by atoms with Gasteiger partial charge >= 0.3 is 0 Å². The van der Waals surface area contributed by atoms with Crippen LogP contribution in [0.1, 0.15) is 49.9 Å². The summed E-state index contributed by atoms with van der Waals surface area (Å²) in [6.07, 6.45) is 11.7. The molecule has 1 unspecified atom stereocenters. The maximum absolute atomic E-state index is 2.43. The molecule has 0 aromatic heterocycles. The van der Waals surface area contributed by atoms with E-state index in [0.717, 1.165) is 0 Å². The van der Waals surface area contributed by atoms with Crippen molar-refractivity contribution < 1.29 is 0 Å². The second-order valence-corrected chi connectivity index (χ2v) is 12.9. The van der Waals surface area contributed by atoms with E-state index in [1.165, 1.54) is 82.4 Å². The van der Waals surface area contributed by atoms with Crippen molar-refractivity contribution in [3.8, 4) is 11.1 Å². The first kappa shape index (κ1) is 26.7. The van der Waals surface area contributed by atoms with E-state index in [9.17, 15) is 0 Å². The average Bonchev–Trinajstić information content (AvgIpc) is 3.29. The van der Waals surface area contributed by atoms with Crippen molar-refractivity contribution in [2.45, 2.75) is 33.1 Å². The van der Waals surface area contributed by atoms with Crippen molar-refractivity contribution in [1.82, 2.24) is 0 Å². The number of hydrogen-bond acceptors (Lipinski definition) is 0. The highest BCUT2D eigenvalue weighted by molar-refractivity contribution is 6.20. The van der Waals surface area contributed by atoms with Crippen LogP contribution >= 0.6 is 0 Å². The van der Waals surface area contributed by atoms with Gasteiger partial charge in [0.2, 0.25) is 0 Å². The van der Waals surface area contributed by atoms with Gasteiger partial charge in [-0.25, -0.2) is 0 Å². The van der Waals surface area contributed by atoms with Crippen LogP contribution in [-0.4, -0.2) is 0 Å². The van der Waals surface area contributed by atoms with Crippen molar-refractivity contribution >= 4 is 43.5 Å². The van der Waals surface area contributed by atoms with E-state index < -0.39 is 0 Å². The number of benzene rings is 6. The van der Waals surface area contributed by atoms with E-state index in [0.29, 0.717) is 5.92 Å². The molecule has 0 heterocycles. The standard InChI is InChI=1S/C44H36/c1-5-29(35-20-16-31-15-18-32-17-14-30-10-6-7-11-37(30)43(32)40(31)26-35)25-33-19-21-34(24-28(33)2)36-22-23-39-38-12-8-9-13-41(38)44(3,4)42(39)27-36/h5-28H,1-4H3. The largest absolute Gasteiger partial charge is 0.0798 e. The topological polar surface area (TPSA) is 0 Å². The third-order valence-electron chi connectivity index (χ3n) is 10.0. The lowest BCUT2D eigenvalue weighted by molar-refractivity contribution is 0.660. The van der Waals surface area contributed by atoms with Crippen molar-refractivity contribution in [3.05, 3.63) is 167 Å². The van der Waals surface area contributed by atoms with Gasteiger partial charge in [0.25, 0.3) is 0 Å². The maximum atomic E-state index is 2.43. The lowest BCUT2D eigenvalue weighted by atomic mass is 9.81. The van der Waals surface area contributed by atoms with Gasteiger partial charge in [0, 0.05) is 5.41 Å². The molecular weight excluding hydrogens is 528 g/mol. The normalized spacial score (nSPS) is 18.2. The van der Waals surface area contributed by atoms with E-state index in [1.54, 1.807) is 0 Å². The van der Waals surface area contributed by atoms with Crippen LogP contribution in [0.15, 0.2) is 145 Å². The predicted molar refractivity (Wildman–Crippen MR) is 191 cm³/mol. The Morgan fingerprint density at radius 2 is 1.36 bits per heavy atom. The first-order chi connectivity index (χ1) is 21.4. The molecule has 0 aliphatic heterocycles. The molecule has 0 heteroatoms. The Labute approximate surface area is 260 Å². The summed E-state index contributed by atoms with van der Waals surface area (Å²) >= 11 is 0. The molecule has 6 aromatic rings. The SMILES string of the molecule is CC=C(C=C1C=CC(c2ccc3c(c2)C(C)(C)c2ccccc2-3)=CC1C)c1ccc2ccc3ccc4ccccc4c3c2c1. The number of fused-ring (bicyclic) bond motifs is 8. The van der Waals surface area contributed by atoms with Crippen LogP contribution in [-0.2, 0) is 5.41 Å². The first-order valence-corrected chi connectivity index (χ1v) is 15.8. The summed E-state index contributed by atoms with van der Waals surface area (Å²) in [6.45, 7) is 9.17. The summed E-state index contributed by atoms with van der Waals surface area (Å²) in [6, 6.07) is 40.6. The number of hydrogen-bond donors (Lipinski definition) is 0. The predicted octanol–water partition coefficient (Wildman–Crippen LogP) is 12.1. The first-order valence-electron chi connectivity index (χ1n) is 15.8. The van der Waals surface area contributed by atoms with Gasteiger partial charge < -0.3 is 0 Å². The average molecular weight is 565 g/mol. The molecule has 8 rings (SSSR count). The van der Waals surface area contributed by atoms with E-state index in [1.807, 2.05) is 0 Å². The van der Waals surface area contributed by atoms with Crippen LogP contribution in [0.5, 0.6) is 0 Å². The highest BCUT2D eigenvalue weighted by atomic mass is 14.4. The van der Waals surface area contributed by atoms with Crippen molar-refractivity contribution in [3.63, 3.8) is 0 Å². The lowest BCUT2D eigenvalue weighted by Gasteiger charge is -2.23. The van der Waals surface area contributed by atoms with E-state index in [-0.39, 0.29) is 5.41 Å². The minimum atomic E-state index is 0.00977. The Bertz CT molecular complexity index is 2260. The van der Waals surface area contributed by atoms with E-state index in [2.05, 4.69) is 167 Å². The summed E-state index contributed by atoms with van der Waals surface area (Å²) in [5, 5.41) is 7.81. The molecular formula is C44H36. The summed E-state index contributed by atoms with van der Waals surface area (Å²) in [4.78, 5) is 0. The molecule has 44 heavy (non-hydrogen) atoms. The third kappa shape index (κ3) is 4.13.